The van der Waals surface area contributed by atoms with Crippen LogP contribution < -0.4 is 5.32 Å². The van der Waals surface area contributed by atoms with Crippen LogP contribution in [0.5, 0.6) is 0 Å². The third kappa shape index (κ3) is 6.12. The molecule has 0 saturated heterocycles. The molecule has 0 heterocycles. The largest absolute Gasteiger partial charge is 0.316 e. The lowest BCUT2D eigenvalue weighted by molar-refractivity contribution is 0.276. The molecule has 0 amide bonds. The van der Waals surface area contributed by atoms with E-state index in [1.54, 1.807) is 0 Å². The Kier molecular flexibility index (Phi) is 6.96. The average Bonchev–Trinajstić information content (AvgIpc) is 2.23. The van der Waals surface area contributed by atoms with Crippen molar-refractivity contribution in [1.29, 1.82) is 0 Å². The Morgan fingerprint density at radius 2 is 2.33 bits per heavy atom. The summed E-state index contributed by atoms with van der Waals surface area (Å²) in [5.74, 6) is 6.51. The van der Waals surface area contributed by atoms with Gasteiger partial charge in [0, 0.05) is 12.3 Å². The quantitative estimate of drug-likeness (QED) is 0.551. The van der Waals surface area contributed by atoms with E-state index in [4.69, 9.17) is 6.42 Å². The van der Waals surface area contributed by atoms with E-state index in [-0.39, 0.29) is 0 Å². The van der Waals surface area contributed by atoms with Crippen molar-refractivity contribution in [1.82, 2.24) is 5.32 Å². The van der Waals surface area contributed by atoms with Crippen LogP contribution >= 0.6 is 11.8 Å². The van der Waals surface area contributed by atoms with Gasteiger partial charge >= 0.3 is 0 Å². The lowest BCUT2D eigenvalue weighted by Gasteiger charge is -2.26. The summed E-state index contributed by atoms with van der Waals surface area (Å²) >= 11 is 1.84. The zero-order valence-corrected chi connectivity index (χ0v) is 10.6. The van der Waals surface area contributed by atoms with E-state index >= 15 is 0 Å². The van der Waals surface area contributed by atoms with Gasteiger partial charge in [-0.15, -0.1) is 18.2 Å². The molecular formula is C13H23NS. The first-order valence-corrected chi connectivity index (χ1v) is 7.20. The Morgan fingerprint density at radius 1 is 1.47 bits per heavy atom. The van der Waals surface area contributed by atoms with E-state index in [0.29, 0.717) is 0 Å². The number of rotatable bonds is 6. The molecule has 0 bridgehead atoms. The fraction of sp³-hybridized carbons (Fsp3) is 0.846. The highest BCUT2D eigenvalue weighted by Crippen LogP contribution is 2.27. The summed E-state index contributed by atoms with van der Waals surface area (Å²) in [5.41, 5.74) is 0. The number of nitrogens with one attached hydrogen (secondary N) is 1. The Balaban J connectivity index is 1.93. The van der Waals surface area contributed by atoms with Gasteiger partial charge in [-0.2, -0.15) is 0 Å². The number of thioether (sulfide) groups is 1. The van der Waals surface area contributed by atoms with Crippen LogP contribution in [0.3, 0.4) is 0 Å². The molecule has 0 aromatic heterocycles. The van der Waals surface area contributed by atoms with Crippen molar-refractivity contribution in [2.45, 2.75) is 32.6 Å². The molecule has 0 aromatic carbocycles. The zero-order valence-electron chi connectivity index (χ0n) is 9.80. The molecule has 2 atom stereocenters. The maximum Gasteiger partial charge on any atom is 0.0545 e. The average molecular weight is 225 g/mol. The standard InChI is InChI=1S/C13H23NS/c1-3-8-15-9-7-14-11-13-6-4-5-12(2)10-13/h1,12-14H,4-11H2,2H3. The second kappa shape index (κ2) is 8.07. The number of hydrogen-bond donors (Lipinski definition) is 1. The predicted molar refractivity (Wildman–Crippen MR) is 70.1 cm³/mol. The minimum atomic E-state index is 0.849. The van der Waals surface area contributed by atoms with Crippen molar-refractivity contribution in [3.05, 3.63) is 0 Å². The fourth-order valence-electron chi connectivity index (χ4n) is 2.33. The molecule has 1 saturated carbocycles. The van der Waals surface area contributed by atoms with E-state index in [0.717, 1.165) is 29.9 Å². The summed E-state index contributed by atoms with van der Waals surface area (Å²) in [7, 11) is 0. The van der Waals surface area contributed by atoms with E-state index in [1.165, 1.54) is 32.2 Å². The van der Waals surface area contributed by atoms with Crippen molar-refractivity contribution in [2.24, 2.45) is 11.8 Å². The summed E-state index contributed by atoms with van der Waals surface area (Å²) < 4.78 is 0. The van der Waals surface area contributed by atoms with Crippen molar-refractivity contribution >= 4 is 11.8 Å². The minimum absolute atomic E-state index is 0.849. The fourth-order valence-corrected chi connectivity index (χ4v) is 2.88. The van der Waals surface area contributed by atoms with Gasteiger partial charge in [0.2, 0.25) is 0 Å². The van der Waals surface area contributed by atoms with Crippen molar-refractivity contribution < 1.29 is 0 Å². The lowest BCUT2D eigenvalue weighted by Crippen LogP contribution is -2.28. The summed E-state index contributed by atoms with van der Waals surface area (Å²) in [6.07, 6.45) is 10.9. The van der Waals surface area contributed by atoms with E-state index in [1.807, 2.05) is 11.8 Å². The topological polar surface area (TPSA) is 12.0 Å². The van der Waals surface area contributed by atoms with Gasteiger partial charge in [-0.3, -0.25) is 0 Å². The molecule has 2 unspecified atom stereocenters. The van der Waals surface area contributed by atoms with Gasteiger partial charge in [0.25, 0.3) is 0 Å². The maximum absolute atomic E-state index is 5.18. The number of hydrogen-bond acceptors (Lipinski definition) is 2. The Bertz CT molecular complexity index is 197. The second-order valence-electron chi connectivity index (χ2n) is 4.60. The van der Waals surface area contributed by atoms with Gasteiger partial charge in [0.05, 0.1) is 5.75 Å². The van der Waals surface area contributed by atoms with Crippen LogP contribution in [0.2, 0.25) is 0 Å². The van der Waals surface area contributed by atoms with Crippen LogP contribution in [0, 0.1) is 24.2 Å². The first-order chi connectivity index (χ1) is 7.33. The Morgan fingerprint density at radius 3 is 3.07 bits per heavy atom. The van der Waals surface area contributed by atoms with Crippen molar-refractivity contribution in [3.63, 3.8) is 0 Å². The van der Waals surface area contributed by atoms with Crippen LogP contribution in [0.1, 0.15) is 32.6 Å². The molecule has 86 valence electrons. The molecule has 1 aliphatic carbocycles. The van der Waals surface area contributed by atoms with Gasteiger partial charge in [0.1, 0.15) is 0 Å². The SMILES string of the molecule is C#CCSCCNCC1CCCC(C)C1. The molecule has 1 nitrogen and oxygen atoms in total. The maximum atomic E-state index is 5.18. The third-order valence-corrected chi connectivity index (χ3v) is 3.95. The van der Waals surface area contributed by atoms with Crippen LogP contribution in [-0.2, 0) is 0 Å². The molecule has 1 N–H and O–H groups in total. The molecule has 15 heavy (non-hydrogen) atoms. The van der Waals surface area contributed by atoms with Crippen LogP contribution in [0.15, 0.2) is 0 Å². The van der Waals surface area contributed by atoms with Crippen LogP contribution in [0.25, 0.3) is 0 Å². The Labute approximate surface area is 98.8 Å². The summed E-state index contributed by atoms with van der Waals surface area (Å²) in [6.45, 7) is 4.70. The summed E-state index contributed by atoms with van der Waals surface area (Å²) in [6, 6.07) is 0. The molecular weight excluding hydrogens is 202 g/mol. The molecule has 0 aliphatic heterocycles. The van der Waals surface area contributed by atoms with Gasteiger partial charge in [-0.05, 0) is 31.2 Å². The second-order valence-corrected chi connectivity index (χ2v) is 5.70. The van der Waals surface area contributed by atoms with Gasteiger partial charge in [-0.1, -0.05) is 25.7 Å². The highest BCUT2D eigenvalue weighted by molar-refractivity contribution is 7.99. The van der Waals surface area contributed by atoms with E-state index in [9.17, 15) is 0 Å². The monoisotopic (exact) mass is 225 g/mol. The van der Waals surface area contributed by atoms with E-state index in [2.05, 4.69) is 18.2 Å². The molecule has 0 spiro atoms. The normalized spacial score (nSPS) is 26.1. The van der Waals surface area contributed by atoms with Crippen molar-refractivity contribution in [2.75, 3.05) is 24.6 Å². The highest BCUT2D eigenvalue weighted by Gasteiger charge is 2.17. The highest BCUT2D eigenvalue weighted by atomic mass is 32.2. The molecule has 0 radical (unpaired) electrons. The van der Waals surface area contributed by atoms with Gasteiger partial charge < -0.3 is 5.32 Å². The summed E-state index contributed by atoms with van der Waals surface area (Å²) in [5, 5.41) is 3.55. The smallest absolute Gasteiger partial charge is 0.0545 e. The molecule has 1 aliphatic rings. The predicted octanol–water partition coefficient (Wildman–Crippen LogP) is 2.77. The molecule has 1 rings (SSSR count). The van der Waals surface area contributed by atoms with Crippen molar-refractivity contribution in [3.8, 4) is 12.3 Å². The van der Waals surface area contributed by atoms with Crippen LogP contribution in [-0.4, -0.2) is 24.6 Å². The molecule has 1 fully saturated rings. The molecule has 2 heteroatoms. The van der Waals surface area contributed by atoms with Gasteiger partial charge in [-0.25, -0.2) is 0 Å². The first kappa shape index (κ1) is 12.9. The summed E-state index contributed by atoms with van der Waals surface area (Å²) in [4.78, 5) is 0. The van der Waals surface area contributed by atoms with Gasteiger partial charge in [0.15, 0.2) is 0 Å². The van der Waals surface area contributed by atoms with Crippen LogP contribution in [0.4, 0.5) is 0 Å². The zero-order chi connectivity index (χ0) is 10.9. The lowest BCUT2D eigenvalue weighted by atomic mass is 9.82. The number of terminal acetylenes is 1. The Hall–Kier alpha value is -0.130. The third-order valence-electron chi connectivity index (χ3n) is 3.09. The first-order valence-electron chi connectivity index (χ1n) is 6.05. The van der Waals surface area contributed by atoms with E-state index < -0.39 is 0 Å². The minimum Gasteiger partial charge on any atom is -0.316 e. The molecule has 0 aromatic rings.